The van der Waals surface area contributed by atoms with Crippen molar-refractivity contribution in [2.75, 3.05) is 13.7 Å². The van der Waals surface area contributed by atoms with Crippen LogP contribution >= 0.6 is 11.6 Å². The molecule has 1 N–H and O–H groups in total. The second kappa shape index (κ2) is 13.2. The maximum absolute atomic E-state index is 13.2. The van der Waals surface area contributed by atoms with Gasteiger partial charge >= 0.3 is 5.97 Å². The van der Waals surface area contributed by atoms with Gasteiger partial charge in [-0.15, -0.1) is 0 Å². The first-order valence-corrected chi connectivity index (χ1v) is 13.6. The van der Waals surface area contributed by atoms with E-state index in [0.717, 1.165) is 41.4 Å². The number of carbonyl (C=O) groups is 1. The fourth-order valence-corrected chi connectivity index (χ4v) is 5.33. The molecule has 0 radical (unpaired) electrons. The molecule has 1 unspecified atom stereocenters. The molecule has 0 spiro atoms. The van der Waals surface area contributed by atoms with Gasteiger partial charge in [-0.3, -0.25) is 4.79 Å². The number of benzene rings is 1. The number of hydrogen-bond donors (Lipinski definition) is 1. The standard InChI is InChI=1S/C24H36ClN3O5S/c1-5-8-10-20(24(30)33-7-3)27(4)34(31,32)19-14-12-18(13-15-19)16-28-21(17-29)23(25)26-22(28)11-9-6-2/h12-15,20,29H,5-11,16-17H2,1-4H3. The number of ether oxygens (including phenoxy) is 1. The minimum atomic E-state index is -3.90. The molecule has 34 heavy (non-hydrogen) atoms. The first-order valence-electron chi connectivity index (χ1n) is 11.8. The van der Waals surface area contributed by atoms with Crippen molar-refractivity contribution in [1.82, 2.24) is 13.9 Å². The third-order valence-electron chi connectivity index (χ3n) is 5.78. The van der Waals surface area contributed by atoms with Gasteiger partial charge in [0.25, 0.3) is 0 Å². The highest BCUT2D eigenvalue weighted by Gasteiger charge is 2.33. The van der Waals surface area contributed by atoms with Crippen LogP contribution in [0.2, 0.25) is 5.15 Å². The number of likely N-dealkylation sites (N-methyl/N-ethyl adjacent to an activating group) is 1. The minimum absolute atomic E-state index is 0.0989. The highest BCUT2D eigenvalue weighted by Crippen LogP contribution is 2.23. The van der Waals surface area contributed by atoms with Crippen LogP contribution < -0.4 is 0 Å². The molecule has 0 saturated heterocycles. The zero-order valence-corrected chi connectivity index (χ0v) is 22.0. The Morgan fingerprint density at radius 2 is 1.82 bits per heavy atom. The van der Waals surface area contributed by atoms with E-state index in [1.54, 1.807) is 19.1 Å². The first-order chi connectivity index (χ1) is 16.2. The lowest BCUT2D eigenvalue weighted by Crippen LogP contribution is -2.43. The van der Waals surface area contributed by atoms with E-state index in [9.17, 15) is 18.3 Å². The second-order valence-corrected chi connectivity index (χ2v) is 10.5. The summed E-state index contributed by atoms with van der Waals surface area (Å²) in [7, 11) is -2.48. The average Bonchev–Trinajstić information content (AvgIpc) is 3.11. The Morgan fingerprint density at radius 3 is 2.38 bits per heavy atom. The number of unbranched alkanes of at least 4 members (excludes halogenated alkanes) is 2. The Bertz CT molecular complexity index is 1040. The fourth-order valence-electron chi connectivity index (χ4n) is 3.74. The summed E-state index contributed by atoms with van der Waals surface area (Å²) in [6, 6.07) is 5.65. The second-order valence-electron chi connectivity index (χ2n) is 8.19. The molecule has 2 rings (SSSR count). The summed E-state index contributed by atoms with van der Waals surface area (Å²) >= 11 is 6.21. The summed E-state index contributed by atoms with van der Waals surface area (Å²) < 4.78 is 34.6. The van der Waals surface area contributed by atoms with Crippen LogP contribution in [-0.2, 0) is 39.1 Å². The number of aliphatic hydroxyl groups excluding tert-OH is 1. The summed E-state index contributed by atoms with van der Waals surface area (Å²) in [6.45, 7) is 6.14. The van der Waals surface area contributed by atoms with Crippen LogP contribution in [-0.4, -0.2) is 53.0 Å². The summed E-state index contributed by atoms with van der Waals surface area (Å²) in [5.41, 5.74) is 1.38. The number of nitrogens with zero attached hydrogens (tertiary/aromatic N) is 3. The van der Waals surface area contributed by atoms with Crippen LogP contribution in [0, 0.1) is 0 Å². The number of aliphatic hydroxyl groups is 1. The van der Waals surface area contributed by atoms with Crippen LogP contribution in [0.5, 0.6) is 0 Å². The van der Waals surface area contributed by atoms with Gasteiger partial charge in [-0.05, 0) is 37.5 Å². The van der Waals surface area contributed by atoms with Gasteiger partial charge in [-0.25, -0.2) is 13.4 Å². The number of imidazole rings is 1. The van der Waals surface area contributed by atoms with Crippen molar-refractivity contribution in [3.8, 4) is 0 Å². The molecule has 0 bridgehead atoms. The van der Waals surface area contributed by atoms with Gasteiger partial charge in [0.2, 0.25) is 10.0 Å². The zero-order chi connectivity index (χ0) is 25.3. The summed E-state index contributed by atoms with van der Waals surface area (Å²) in [4.78, 5) is 16.9. The molecule has 2 aromatic rings. The Labute approximate surface area is 207 Å². The number of sulfonamides is 1. The van der Waals surface area contributed by atoms with Crippen LogP contribution in [0.4, 0.5) is 0 Å². The predicted molar refractivity (Wildman–Crippen MR) is 132 cm³/mol. The number of aryl methyl sites for hydroxylation is 1. The summed E-state index contributed by atoms with van der Waals surface area (Å²) in [6.07, 6.45) is 4.64. The molecule has 8 nitrogen and oxygen atoms in total. The van der Waals surface area contributed by atoms with Crippen molar-refractivity contribution >= 4 is 27.6 Å². The van der Waals surface area contributed by atoms with Gasteiger partial charge in [-0.1, -0.05) is 56.8 Å². The maximum atomic E-state index is 13.2. The number of esters is 1. The average molecular weight is 514 g/mol. The highest BCUT2D eigenvalue weighted by molar-refractivity contribution is 7.89. The van der Waals surface area contributed by atoms with Gasteiger partial charge < -0.3 is 14.4 Å². The van der Waals surface area contributed by atoms with E-state index in [1.165, 1.54) is 19.2 Å². The van der Waals surface area contributed by atoms with Gasteiger partial charge in [0, 0.05) is 20.0 Å². The van der Waals surface area contributed by atoms with E-state index >= 15 is 0 Å². The normalized spacial score (nSPS) is 12.8. The Hall–Kier alpha value is -1.94. The van der Waals surface area contributed by atoms with Crippen molar-refractivity contribution in [1.29, 1.82) is 0 Å². The molecule has 0 aliphatic heterocycles. The van der Waals surface area contributed by atoms with Crippen molar-refractivity contribution in [2.45, 2.75) is 83.4 Å². The van der Waals surface area contributed by atoms with Crippen molar-refractivity contribution < 1.29 is 23.1 Å². The van der Waals surface area contributed by atoms with Gasteiger partial charge in [0.1, 0.15) is 11.9 Å². The molecule has 0 fully saturated rings. The molecule has 1 atom stereocenters. The minimum Gasteiger partial charge on any atom is -0.465 e. The molecule has 0 amide bonds. The van der Waals surface area contributed by atoms with E-state index < -0.39 is 22.0 Å². The fraction of sp³-hybridized carbons (Fsp3) is 0.583. The van der Waals surface area contributed by atoms with Gasteiger partial charge in [0.15, 0.2) is 5.15 Å². The van der Waals surface area contributed by atoms with E-state index in [1.807, 2.05) is 11.5 Å². The largest absolute Gasteiger partial charge is 0.465 e. The molecule has 0 aliphatic carbocycles. The third-order valence-corrected chi connectivity index (χ3v) is 7.96. The quantitative estimate of drug-likeness (QED) is 0.380. The molecular weight excluding hydrogens is 478 g/mol. The van der Waals surface area contributed by atoms with Crippen LogP contribution in [0.15, 0.2) is 29.2 Å². The zero-order valence-electron chi connectivity index (χ0n) is 20.5. The van der Waals surface area contributed by atoms with Crippen molar-refractivity contribution in [2.24, 2.45) is 0 Å². The van der Waals surface area contributed by atoms with Crippen LogP contribution in [0.1, 0.15) is 70.0 Å². The number of rotatable bonds is 14. The number of halogens is 1. The Morgan fingerprint density at radius 1 is 1.18 bits per heavy atom. The molecule has 190 valence electrons. The van der Waals surface area contributed by atoms with E-state index in [2.05, 4.69) is 11.9 Å². The smallest absolute Gasteiger partial charge is 0.324 e. The molecular formula is C24H36ClN3O5S. The Kier molecular flexibility index (Phi) is 11.0. The molecule has 1 heterocycles. The lowest BCUT2D eigenvalue weighted by atomic mass is 10.1. The SMILES string of the molecule is CCCCc1nc(Cl)c(CO)n1Cc1ccc(S(=O)(=O)N(C)C(CCCC)C(=O)OCC)cc1. The first kappa shape index (κ1) is 28.3. The van der Waals surface area contributed by atoms with Crippen molar-refractivity contribution in [3.05, 3.63) is 46.5 Å². The lowest BCUT2D eigenvalue weighted by Gasteiger charge is -2.26. The van der Waals surface area contributed by atoms with Crippen molar-refractivity contribution in [3.63, 3.8) is 0 Å². The van der Waals surface area contributed by atoms with Crippen LogP contribution in [0.25, 0.3) is 0 Å². The van der Waals surface area contributed by atoms with E-state index in [4.69, 9.17) is 16.3 Å². The van der Waals surface area contributed by atoms with Gasteiger partial charge in [-0.2, -0.15) is 4.31 Å². The monoisotopic (exact) mass is 513 g/mol. The number of aromatic nitrogens is 2. The lowest BCUT2D eigenvalue weighted by molar-refractivity contribution is -0.147. The number of hydrogen-bond acceptors (Lipinski definition) is 6. The van der Waals surface area contributed by atoms with E-state index in [0.29, 0.717) is 25.1 Å². The molecule has 1 aromatic heterocycles. The predicted octanol–water partition coefficient (Wildman–Crippen LogP) is 4.16. The Balaban J connectivity index is 2.28. The van der Waals surface area contributed by atoms with E-state index in [-0.39, 0.29) is 23.3 Å². The highest BCUT2D eigenvalue weighted by atomic mass is 35.5. The molecule has 10 heteroatoms. The molecule has 0 saturated carbocycles. The number of carbonyl (C=O) groups excluding carboxylic acids is 1. The summed E-state index contributed by atoms with van der Waals surface area (Å²) in [5, 5.41) is 10.0. The maximum Gasteiger partial charge on any atom is 0.324 e. The molecule has 1 aromatic carbocycles. The summed E-state index contributed by atoms with van der Waals surface area (Å²) in [5.74, 6) is 0.257. The molecule has 0 aliphatic rings. The van der Waals surface area contributed by atoms with Crippen LogP contribution in [0.3, 0.4) is 0 Å². The topological polar surface area (TPSA) is 102 Å². The third kappa shape index (κ3) is 6.81. The van der Waals surface area contributed by atoms with Gasteiger partial charge in [0.05, 0.1) is 23.8 Å².